The Bertz CT molecular complexity index is 1210. The molecule has 0 spiro atoms. The summed E-state index contributed by atoms with van der Waals surface area (Å²) in [6, 6.07) is 18.2. The first kappa shape index (κ1) is 19.1. The molecule has 0 radical (unpaired) electrons. The van der Waals surface area contributed by atoms with Crippen molar-refractivity contribution in [1.29, 1.82) is 0 Å². The smallest absolute Gasteiger partial charge is 0.270 e. The summed E-state index contributed by atoms with van der Waals surface area (Å²) in [5.74, 6) is -0.575. The van der Waals surface area contributed by atoms with Crippen LogP contribution in [-0.2, 0) is 9.59 Å². The van der Waals surface area contributed by atoms with Crippen LogP contribution in [-0.4, -0.2) is 24.0 Å². The third kappa shape index (κ3) is 3.37. The number of nitrogens with one attached hydrogen (secondary N) is 1. The van der Waals surface area contributed by atoms with E-state index in [1.54, 1.807) is 37.4 Å². The van der Waals surface area contributed by atoms with Crippen molar-refractivity contribution in [1.82, 2.24) is 5.32 Å². The van der Waals surface area contributed by atoms with Gasteiger partial charge >= 0.3 is 0 Å². The van der Waals surface area contributed by atoms with Crippen molar-refractivity contribution in [2.45, 2.75) is 0 Å². The van der Waals surface area contributed by atoms with E-state index in [4.69, 9.17) is 28.6 Å². The number of rotatable bonds is 3. The second kappa shape index (κ2) is 7.66. The maximum absolute atomic E-state index is 13.2. The van der Waals surface area contributed by atoms with Crippen LogP contribution in [0.15, 0.2) is 66.2 Å². The molecule has 144 valence electrons. The molecule has 3 aromatic rings. The van der Waals surface area contributed by atoms with E-state index in [2.05, 4.69) is 5.32 Å². The van der Waals surface area contributed by atoms with Crippen LogP contribution in [0.3, 0.4) is 0 Å². The molecule has 1 aliphatic rings. The number of hydrogen-bond donors (Lipinski definition) is 1. The van der Waals surface area contributed by atoms with Gasteiger partial charge in [0.05, 0.1) is 17.8 Å². The van der Waals surface area contributed by atoms with Crippen LogP contribution in [0.1, 0.15) is 5.56 Å². The van der Waals surface area contributed by atoms with Gasteiger partial charge in [-0.2, -0.15) is 0 Å². The van der Waals surface area contributed by atoms with E-state index in [0.29, 0.717) is 22.0 Å². The van der Waals surface area contributed by atoms with Gasteiger partial charge in [0.1, 0.15) is 11.3 Å². The minimum absolute atomic E-state index is 0.0184. The number of nitrogens with zero attached hydrogens (tertiary/aromatic N) is 1. The average Bonchev–Trinajstić information content (AvgIpc) is 2.72. The molecule has 1 aliphatic heterocycles. The minimum atomic E-state index is -0.571. The zero-order valence-corrected chi connectivity index (χ0v) is 16.9. The third-order valence-corrected chi connectivity index (χ3v) is 5.24. The monoisotopic (exact) mass is 422 g/mol. The fraction of sp³-hybridized carbons (Fsp3) is 0.0455. The first-order valence-electron chi connectivity index (χ1n) is 8.73. The predicted octanol–water partition coefficient (Wildman–Crippen LogP) is 4.33. The highest BCUT2D eigenvalue weighted by Gasteiger charge is 2.35. The number of halogens is 1. The Hall–Kier alpha value is -3.22. The lowest BCUT2D eigenvalue weighted by atomic mass is 9.99. The highest BCUT2D eigenvalue weighted by atomic mass is 35.5. The normalized spacial score (nSPS) is 15.7. The quantitative estimate of drug-likeness (QED) is 0.387. The standard InChI is InChI=1S/C22H15ClN2O3S/c1-28-19-11-10-13-6-2-3-7-14(13)15(19)12-16-20(26)24-22(29)25(21(16)27)18-9-5-4-8-17(18)23/h2-12H,1H3,(H,24,26,29)/b16-12-. The highest BCUT2D eigenvalue weighted by molar-refractivity contribution is 7.80. The van der Waals surface area contributed by atoms with Crippen LogP contribution in [0.4, 0.5) is 5.69 Å². The number of para-hydroxylation sites is 1. The topological polar surface area (TPSA) is 58.6 Å². The number of fused-ring (bicyclic) bond motifs is 1. The van der Waals surface area contributed by atoms with Gasteiger partial charge in [-0.3, -0.25) is 19.8 Å². The molecule has 0 aliphatic carbocycles. The first-order chi connectivity index (χ1) is 14.0. The van der Waals surface area contributed by atoms with E-state index in [0.717, 1.165) is 10.8 Å². The van der Waals surface area contributed by atoms with E-state index in [9.17, 15) is 9.59 Å². The van der Waals surface area contributed by atoms with E-state index in [1.807, 2.05) is 30.3 Å². The predicted molar refractivity (Wildman–Crippen MR) is 118 cm³/mol. The van der Waals surface area contributed by atoms with Crippen LogP contribution in [0.25, 0.3) is 16.8 Å². The van der Waals surface area contributed by atoms with E-state index in [-0.39, 0.29) is 10.7 Å². The average molecular weight is 423 g/mol. The maximum Gasteiger partial charge on any atom is 0.270 e. The van der Waals surface area contributed by atoms with Crippen molar-refractivity contribution in [2.24, 2.45) is 0 Å². The third-order valence-electron chi connectivity index (χ3n) is 4.63. The Kier molecular flexibility index (Phi) is 5.05. The van der Waals surface area contributed by atoms with Crippen molar-refractivity contribution >= 4 is 63.3 Å². The first-order valence-corrected chi connectivity index (χ1v) is 9.51. The zero-order valence-electron chi connectivity index (χ0n) is 15.3. The molecule has 29 heavy (non-hydrogen) atoms. The molecule has 3 aromatic carbocycles. The number of ether oxygens (including phenoxy) is 1. The zero-order chi connectivity index (χ0) is 20.5. The molecule has 0 aromatic heterocycles. The van der Waals surface area contributed by atoms with Crippen molar-refractivity contribution in [3.8, 4) is 5.75 Å². The van der Waals surface area contributed by atoms with E-state index >= 15 is 0 Å². The van der Waals surface area contributed by atoms with Gasteiger partial charge in [-0.15, -0.1) is 0 Å². The number of thiocarbonyl (C=S) groups is 1. The summed E-state index contributed by atoms with van der Waals surface area (Å²) >= 11 is 11.5. The van der Waals surface area contributed by atoms with Crippen LogP contribution in [0, 0.1) is 0 Å². The number of anilines is 1. The van der Waals surface area contributed by atoms with Gasteiger partial charge in [-0.05, 0) is 47.3 Å². The van der Waals surface area contributed by atoms with Crippen molar-refractivity contribution in [2.75, 3.05) is 12.0 Å². The largest absolute Gasteiger partial charge is 0.496 e. The summed E-state index contributed by atoms with van der Waals surface area (Å²) in [5.41, 5.74) is 0.976. The molecule has 1 saturated heterocycles. The molecule has 4 rings (SSSR count). The van der Waals surface area contributed by atoms with Gasteiger partial charge in [0.25, 0.3) is 11.8 Å². The van der Waals surface area contributed by atoms with Crippen LogP contribution in [0.5, 0.6) is 5.75 Å². The molecule has 0 atom stereocenters. The molecule has 1 heterocycles. The number of methoxy groups -OCH3 is 1. The summed E-state index contributed by atoms with van der Waals surface area (Å²) in [6.07, 6.45) is 1.53. The molecule has 0 saturated carbocycles. The number of carbonyl (C=O) groups excluding carboxylic acids is 2. The van der Waals surface area contributed by atoms with Crippen molar-refractivity contribution in [3.05, 3.63) is 76.8 Å². The molecule has 0 bridgehead atoms. The summed E-state index contributed by atoms with van der Waals surface area (Å²) in [7, 11) is 1.54. The molecule has 1 fully saturated rings. The second-order valence-electron chi connectivity index (χ2n) is 6.31. The summed E-state index contributed by atoms with van der Waals surface area (Å²) < 4.78 is 5.47. The lowest BCUT2D eigenvalue weighted by Crippen LogP contribution is -2.54. The van der Waals surface area contributed by atoms with Gasteiger partial charge in [0, 0.05) is 5.56 Å². The fourth-order valence-corrected chi connectivity index (χ4v) is 3.75. The van der Waals surface area contributed by atoms with Crippen molar-refractivity contribution in [3.63, 3.8) is 0 Å². The fourth-order valence-electron chi connectivity index (χ4n) is 3.26. The number of carbonyl (C=O) groups is 2. The van der Waals surface area contributed by atoms with Crippen LogP contribution >= 0.6 is 23.8 Å². The molecular formula is C22H15ClN2O3S. The number of amides is 2. The molecule has 5 nitrogen and oxygen atoms in total. The Morgan fingerprint density at radius 2 is 1.76 bits per heavy atom. The maximum atomic E-state index is 13.2. The van der Waals surface area contributed by atoms with Crippen LogP contribution < -0.4 is 15.0 Å². The second-order valence-corrected chi connectivity index (χ2v) is 7.11. The Labute approximate surface area is 177 Å². The summed E-state index contributed by atoms with van der Waals surface area (Å²) in [4.78, 5) is 27.1. The van der Waals surface area contributed by atoms with Crippen molar-refractivity contribution < 1.29 is 14.3 Å². The van der Waals surface area contributed by atoms with Gasteiger partial charge in [-0.1, -0.05) is 54.1 Å². The summed E-state index contributed by atoms with van der Waals surface area (Å²) in [6.45, 7) is 0. The Morgan fingerprint density at radius 3 is 2.52 bits per heavy atom. The lowest BCUT2D eigenvalue weighted by molar-refractivity contribution is -0.122. The molecule has 2 amide bonds. The van der Waals surface area contributed by atoms with Gasteiger partial charge in [0.15, 0.2) is 5.11 Å². The van der Waals surface area contributed by atoms with Gasteiger partial charge in [0.2, 0.25) is 0 Å². The van der Waals surface area contributed by atoms with Crippen LogP contribution in [0.2, 0.25) is 5.02 Å². The molecular weight excluding hydrogens is 408 g/mol. The van der Waals surface area contributed by atoms with E-state index in [1.165, 1.54) is 11.0 Å². The Balaban J connectivity index is 1.89. The molecule has 0 unspecified atom stereocenters. The molecule has 1 N–H and O–H groups in total. The van der Waals surface area contributed by atoms with Gasteiger partial charge in [-0.25, -0.2) is 0 Å². The SMILES string of the molecule is COc1ccc2ccccc2c1/C=C1/C(=O)NC(=S)N(c2ccccc2Cl)C1=O. The number of hydrogen-bond acceptors (Lipinski definition) is 4. The minimum Gasteiger partial charge on any atom is -0.496 e. The highest BCUT2D eigenvalue weighted by Crippen LogP contribution is 2.33. The summed E-state index contributed by atoms with van der Waals surface area (Å²) in [5, 5.41) is 4.72. The number of benzene rings is 3. The molecule has 7 heteroatoms. The van der Waals surface area contributed by atoms with E-state index < -0.39 is 11.8 Å². The Morgan fingerprint density at radius 1 is 1.03 bits per heavy atom. The lowest BCUT2D eigenvalue weighted by Gasteiger charge is -2.29. The van der Waals surface area contributed by atoms with Gasteiger partial charge < -0.3 is 4.74 Å².